The van der Waals surface area contributed by atoms with Gasteiger partial charge in [-0.15, -0.1) is 0 Å². The Balaban J connectivity index is 2.22. The summed E-state index contributed by atoms with van der Waals surface area (Å²) in [7, 11) is 0. The van der Waals surface area contributed by atoms with Crippen molar-refractivity contribution in [2.24, 2.45) is 5.92 Å². The van der Waals surface area contributed by atoms with E-state index in [2.05, 4.69) is 6.07 Å². The molecule has 2 atom stereocenters. The first-order valence-corrected chi connectivity index (χ1v) is 7.35. The molecule has 0 saturated carbocycles. The molecule has 0 aliphatic carbocycles. The molecule has 1 aliphatic rings. The third-order valence-electron chi connectivity index (χ3n) is 3.60. The molecular formula is C17H22N2O2. The molecule has 1 aliphatic heterocycles. The first-order chi connectivity index (χ1) is 9.90. The fraction of sp³-hybridized carbons (Fsp3) is 0.529. The third-order valence-corrected chi connectivity index (χ3v) is 3.60. The first-order valence-electron chi connectivity index (χ1n) is 7.35. The number of nitriles is 1. The Labute approximate surface area is 126 Å². The Morgan fingerprint density at radius 1 is 1.33 bits per heavy atom. The van der Waals surface area contributed by atoms with Gasteiger partial charge in [0.05, 0.1) is 18.0 Å². The largest absolute Gasteiger partial charge is 0.444 e. The van der Waals surface area contributed by atoms with E-state index in [1.54, 1.807) is 4.90 Å². The van der Waals surface area contributed by atoms with Gasteiger partial charge in [0.1, 0.15) is 5.60 Å². The predicted octanol–water partition coefficient (Wildman–Crippen LogP) is 3.90. The Morgan fingerprint density at radius 2 is 2.00 bits per heavy atom. The molecule has 0 spiro atoms. The highest BCUT2D eigenvalue weighted by Gasteiger charge is 2.34. The van der Waals surface area contributed by atoms with Crippen LogP contribution in [-0.4, -0.2) is 23.1 Å². The number of benzene rings is 1. The molecule has 1 aromatic carbocycles. The molecule has 0 aromatic heterocycles. The SMILES string of the molecule is CC(C)(C)OC(=O)N1CC[C@@H](C#N)C[C@H]1c1ccccc1. The lowest BCUT2D eigenvalue weighted by Gasteiger charge is -2.38. The molecule has 21 heavy (non-hydrogen) atoms. The van der Waals surface area contributed by atoms with Gasteiger partial charge < -0.3 is 9.64 Å². The van der Waals surface area contributed by atoms with Gasteiger partial charge in [-0.1, -0.05) is 30.3 Å². The third kappa shape index (κ3) is 3.98. The summed E-state index contributed by atoms with van der Waals surface area (Å²) in [5, 5.41) is 9.18. The number of hydrogen-bond acceptors (Lipinski definition) is 3. The molecule has 1 heterocycles. The van der Waals surface area contributed by atoms with E-state index in [0.29, 0.717) is 19.4 Å². The van der Waals surface area contributed by atoms with Gasteiger partial charge in [0.15, 0.2) is 0 Å². The van der Waals surface area contributed by atoms with Crippen LogP contribution in [0.25, 0.3) is 0 Å². The van der Waals surface area contributed by atoms with Crippen molar-refractivity contribution in [1.29, 1.82) is 5.26 Å². The van der Waals surface area contributed by atoms with E-state index < -0.39 is 5.60 Å². The van der Waals surface area contributed by atoms with Crippen LogP contribution in [0, 0.1) is 17.2 Å². The Kier molecular flexibility index (Phi) is 4.52. The zero-order valence-corrected chi connectivity index (χ0v) is 12.9. The zero-order valence-electron chi connectivity index (χ0n) is 12.9. The maximum Gasteiger partial charge on any atom is 0.410 e. The van der Waals surface area contributed by atoms with Crippen molar-refractivity contribution in [3.05, 3.63) is 35.9 Å². The van der Waals surface area contributed by atoms with Crippen molar-refractivity contribution in [3.8, 4) is 6.07 Å². The highest BCUT2D eigenvalue weighted by atomic mass is 16.6. The molecule has 4 heteroatoms. The van der Waals surface area contributed by atoms with E-state index >= 15 is 0 Å². The summed E-state index contributed by atoms with van der Waals surface area (Å²) >= 11 is 0. The molecule has 0 radical (unpaired) electrons. The van der Waals surface area contributed by atoms with Gasteiger partial charge in [0.25, 0.3) is 0 Å². The van der Waals surface area contributed by atoms with Gasteiger partial charge >= 0.3 is 6.09 Å². The van der Waals surface area contributed by atoms with Crippen molar-refractivity contribution in [2.75, 3.05) is 6.54 Å². The molecule has 4 nitrogen and oxygen atoms in total. The molecule has 1 saturated heterocycles. The van der Waals surface area contributed by atoms with Crippen molar-refractivity contribution in [2.45, 2.75) is 45.3 Å². The fourth-order valence-corrected chi connectivity index (χ4v) is 2.61. The van der Waals surface area contributed by atoms with Gasteiger partial charge in [-0.05, 0) is 39.2 Å². The number of amides is 1. The van der Waals surface area contributed by atoms with Gasteiger partial charge in [-0.3, -0.25) is 0 Å². The van der Waals surface area contributed by atoms with Crippen LogP contribution < -0.4 is 0 Å². The summed E-state index contributed by atoms with van der Waals surface area (Å²) in [6.07, 6.45) is 1.08. The topological polar surface area (TPSA) is 53.3 Å². The first kappa shape index (κ1) is 15.4. The molecule has 0 bridgehead atoms. The van der Waals surface area contributed by atoms with Gasteiger partial charge in [0.2, 0.25) is 0 Å². The molecule has 1 amide bonds. The summed E-state index contributed by atoms with van der Waals surface area (Å²) in [5.74, 6) is -0.00565. The van der Waals surface area contributed by atoms with Crippen LogP contribution in [0.3, 0.4) is 0 Å². The van der Waals surface area contributed by atoms with Crippen LogP contribution in [0.15, 0.2) is 30.3 Å². The van der Waals surface area contributed by atoms with Gasteiger partial charge in [-0.2, -0.15) is 5.26 Å². The van der Waals surface area contributed by atoms with E-state index in [1.807, 2.05) is 51.1 Å². The second-order valence-electron chi connectivity index (χ2n) is 6.45. The van der Waals surface area contributed by atoms with Crippen LogP contribution in [-0.2, 0) is 4.74 Å². The normalized spacial score (nSPS) is 22.5. The Morgan fingerprint density at radius 3 is 2.57 bits per heavy atom. The molecule has 1 aromatic rings. The van der Waals surface area contributed by atoms with Crippen LogP contribution in [0.5, 0.6) is 0 Å². The maximum atomic E-state index is 12.4. The van der Waals surface area contributed by atoms with Crippen molar-refractivity contribution >= 4 is 6.09 Å². The molecule has 1 fully saturated rings. The van der Waals surface area contributed by atoms with Crippen LogP contribution in [0.1, 0.15) is 45.2 Å². The minimum absolute atomic E-state index is 0.00565. The summed E-state index contributed by atoms with van der Waals surface area (Å²) in [6.45, 7) is 6.16. The van der Waals surface area contributed by atoms with Crippen molar-refractivity contribution in [3.63, 3.8) is 0 Å². The quantitative estimate of drug-likeness (QED) is 0.786. The molecular weight excluding hydrogens is 264 g/mol. The average Bonchev–Trinajstić information content (AvgIpc) is 2.45. The number of ether oxygens (including phenoxy) is 1. The lowest BCUT2D eigenvalue weighted by molar-refractivity contribution is 0.00668. The minimum atomic E-state index is -0.510. The van der Waals surface area contributed by atoms with Crippen LogP contribution in [0.4, 0.5) is 4.79 Å². The highest BCUT2D eigenvalue weighted by molar-refractivity contribution is 5.69. The molecule has 2 rings (SSSR count). The number of carbonyl (C=O) groups is 1. The Hall–Kier alpha value is -2.02. The maximum absolute atomic E-state index is 12.4. The van der Waals surface area contributed by atoms with Gasteiger partial charge in [-0.25, -0.2) is 4.79 Å². The average molecular weight is 286 g/mol. The number of hydrogen-bond donors (Lipinski definition) is 0. The second-order valence-corrected chi connectivity index (χ2v) is 6.45. The smallest absolute Gasteiger partial charge is 0.410 e. The predicted molar refractivity (Wildman–Crippen MR) is 80.5 cm³/mol. The monoisotopic (exact) mass is 286 g/mol. The van der Waals surface area contributed by atoms with E-state index in [1.165, 1.54) is 0 Å². The fourth-order valence-electron chi connectivity index (χ4n) is 2.61. The number of rotatable bonds is 1. The second kappa shape index (κ2) is 6.17. The van der Waals surface area contributed by atoms with E-state index in [9.17, 15) is 10.1 Å². The lowest BCUT2D eigenvalue weighted by Crippen LogP contribution is -2.43. The van der Waals surface area contributed by atoms with Gasteiger partial charge in [0, 0.05) is 6.54 Å². The summed E-state index contributed by atoms with van der Waals surface area (Å²) in [5.41, 5.74) is 0.549. The van der Waals surface area contributed by atoms with E-state index in [4.69, 9.17) is 4.74 Å². The number of nitrogens with zero attached hydrogens (tertiary/aromatic N) is 2. The van der Waals surface area contributed by atoms with E-state index in [-0.39, 0.29) is 18.1 Å². The van der Waals surface area contributed by atoms with Crippen molar-refractivity contribution < 1.29 is 9.53 Å². The zero-order chi connectivity index (χ0) is 15.5. The number of piperidine rings is 1. The molecule has 112 valence electrons. The summed E-state index contributed by atoms with van der Waals surface area (Å²) < 4.78 is 5.50. The minimum Gasteiger partial charge on any atom is -0.444 e. The van der Waals surface area contributed by atoms with Crippen LogP contribution in [0.2, 0.25) is 0 Å². The molecule has 0 N–H and O–H groups in total. The summed E-state index contributed by atoms with van der Waals surface area (Å²) in [6, 6.07) is 12.1. The number of likely N-dealkylation sites (tertiary alicyclic amines) is 1. The summed E-state index contributed by atoms with van der Waals surface area (Å²) in [4.78, 5) is 14.2. The van der Waals surface area contributed by atoms with E-state index in [0.717, 1.165) is 5.56 Å². The highest BCUT2D eigenvalue weighted by Crippen LogP contribution is 2.34. The lowest BCUT2D eigenvalue weighted by atomic mass is 9.88. The van der Waals surface area contributed by atoms with Crippen LogP contribution >= 0.6 is 0 Å². The number of carbonyl (C=O) groups excluding carboxylic acids is 1. The molecule has 0 unspecified atom stereocenters. The standard InChI is InChI=1S/C17H22N2O2/c1-17(2,3)21-16(20)19-10-9-13(12-18)11-15(19)14-7-5-4-6-8-14/h4-8,13,15H,9-11H2,1-3H3/t13-,15+/m1/s1. The Bertz CT molecular complexity index is 528. The van der Waals surface area contributed by atoms with Crippen molar-refractivity contribution in [1.82, 2.24) is 4.90 Å².